The molecule has 0 atom stereocenters. The first-order chi connectivity index (χ1) is 13.9. The Labute approximate surface area is 175 Å². The van der Waals surface area contributed by atoms with Crippen molar-refractivity contribution in [3.05, 3.63) is 35.7 Å². The molecule has 0 spiro atoms. The number of thioether (sulfide) groups is 1. The number of carbonyl (C=O) groups excluding carboxylic acids is 1. The van der Waals surface area contributed by atoms with Crippen molar-refractivity contribution in [2.24, 2.45) is 0 Å². The summed E-state index contributed by atoms with van der Waals surface area (Å²) in [4.78, 5) is 14.6. The largest absolute Gasteiger partial charge is 0.339 e. The molecule has 8 nitrogen and oxygen atoms in total. The molecule has 2 heterocycles. The van der Waals surface area contributed by atoms with Crippen LogP contribution in [0.15, 0.2) is 34.6 Å². The summed E-state index contributed by atoms with van der Waals surface area (Å²) in [5, 5.41) is 8.82. The van der Waals surface area contributed by atoms with Crippen LogP contribution in [-0.2, 0) is 14.8 Å². The number of piperazine rings is 1. The van der Waals surface area contributed by atoms with Gasteiger partial charge < -0.3 is 9.47 Å². The van der Waals surface area contributed by atoms with Gasteiger partial charge >= 0.3 is 0 Å². The molecule has 10 heteroatoms. The van der Waals surface area contributed by atoms with Gasteiger partial charge in [-0.05, 0) is 49.9 Å². The second kappa shape index (κ2) is 8.08. The van der Waals surface area contributed by atoms with Gasteiger partial charge in [0.15, 0.2) is 5.16 Å². The van der Waals surface area contributed by atoms with E-state index in [-0.39, 0.29) is 11.7 Å². The molecule has 1 amide bonds. The van der Waals surface area contributed by atoms with Crippen molar-refractivity contribution in [2.45, 2.75) is 42.8 Å². The smallest absolute Gasteiger partial charge is 0.243 e. The van der Waals surface area contributed by atoms with Crippen LogP contribution in [-0.4, -0.2) is 70.2 Å². The molecule has 0 bridgehead atoms. The summed E-state index contributed by atoms with van der Waals surface area (Å²) in [6.07, 6.45) is 3.99. The van der Waals surface area contributed by atoms with Crippen LogP contribution in [0.25, 0.3) is 0 Å². The Kier molecular flexibility index (Phi) is 5.67. The van der Waals surface area contributed by atoms with Crippen molar-refractivity contribution < 1.29 is 13.2 Å². The maximum Gasteiger partial charge on any atom is 0.243 e. The first-order valence-electron chi connectivity index (χ1n) is 9.74. The van der Waals surface area contributed by atoms with Crippen LogP contribution >= 0.6 is 11.8 Å². The van der Waals surface area contributed by atoms with E-state index in [9.17, 15) is 13.2 Å². The van der Waals surface area contributed by atoms with E-state index in [0.29, 0.717) is 37.1 Å². The summed E-state index contributed by atoms with van der Waals surface area (Å²) in [5.74, 6) is 0.290. The molecule has 0 N–H and O–H groups in total. The van der Waals surface area contributed by atoms with Crippen LogP contribution in [0.5, 0.6) is 0 Å². The summed E-state index contributed by atoms with van der Waals surface area (Å²) in [6, 6.07) is 5.68. The van der Waals surface area contributed by atoms with Crippen molar-refractivity contribution in [3.8, 4) is 0 Å². The molecule has 1 aromatic heterocycles. The molecular formula is C19H25N5O3S2. The number of nitrogens with zero attached hydrogens (tertiary/aromatic N) is 5. The molecule has 2 aromatic rings. The third-order valence-electron chi connectivity index (χ3n) is 5.51. The van der Waals surface area contributed by atoms with Crippen molar-refractivity contribution in [1.29, 1.82) is 0 Å². The van der Waals surface area contributed by atoms with Crippen LogP contribution < -0.4 is 0 Å². The molecule has 1 aliphatic heterocycles. The molecule has 0 radical (unpaired) electrons. The molecule has 0 unspecified atom stereocenters. The van der Waals surface area contributed by atoms with Gasteiger partial charge in [-0.3, -0.25) is 4.79 Å². The van der Waals surface area contributed by atoms with Crippen molar-refractivity contribution in [2.75, 3.05) is 31.9 Å². The Morgan fingerprint density at radius 2 is 1.86 bits per heavy atom. The van der Waals surface area contributed by atoms with Crippen LogP contribution in [0.1, 0.15) is 30.0 Å². The first-order valence-corrected chi connectivity index (χ1v) is 12.2. The Balaban J connectivity index is 1.33. The zero-order valence-electron chi connectivity index (χ0n) is 16.6. The molecule has 1 saturated heterocycles. The van der Waals surface area contributed by atoms with Crippen LogP contribution in [0, 0.1) is 13.8 Å². The molecule has 1 aromatic carbocycles. The SMILES string of the molecule is Cc1ccc(S(=O)(=O)N2CCN(C(=O)CSc3nncn3C3CC3)CC2)cc1C. The average Bonchev–Trinajstić information content (AvgIpc) is 3.46. The van der Waals surface area contributed by atoms with E-state index < -0.39 is 10.0 Å². The maximum absolute atomic E-state index is 12.9. The van der Waals surface area contributed by atoms with Gasteiger partial charge in [-0.1, -0.05) is 17.8 Å². The van der Waals surface area contributed by atoms with Gasteiger partial charge in [-0.25, -0.2) is 8.42 Å². The summed E-state index contributed by atoms with van der Waals surface area (Å²) in [5.41, 5.74) is 2.02. The molecule has 1 saturated carbocycles. The van der Waals surface area contributed by atoms with Gasteiger partial charge in [0.25, 0.3) is 0 Å². The van der Waals surface area contributed by atoms with Gasteiger partial charge in [-0.15, -0.1) is 10.2 Å². The van der Waals surface area contributed by atoms with Crippen molar-refractivity contribution in [1.82, 2.24) is 24.0 Å². The minimum Gasteiger partial charge on any atom is -0.339 e. The van der Waals surface area contributed by atoms with Crippen LogP contribution in [0.3, 0.4) is 0 Å². The summed E-state index contributed by atoms with van der Waals surface area (Å²) in [7, 11) is -3.54. The predicted octanol–water partition coefficient (Wildman–Crippen LogP) is 1.86. The Morgan fingerprint density at radius 3 is 2.52 bits per heavy atom. The normalized spacial score (nSPS) is 18.2. The molecule has 2 aliphatic rings. The monoisotopic (exact) mass is 435 g/mol. The Morgan fingerprint density at radius 1 is 1.14 bits per heavy atom. The summed E-state index contributed by atoms with van der Waals surface area (Å²) < 4.78 is 29.3. The molecule has 1 aliphatic carbocycles. The average molecular weight is 436 g/mol. The second-order valence-corrected chi connectivity index (χ2v) is 10.5. The highest BCUT2D eigenvalue weighted by molar-refractivity contribution is 7.99. The minimum atomic E-state index is -3.54. The van der Waals surface area contributed by atoms with E-state index in [1.807, 2.05) is 24.5 Å². The number of carbonyl (C=O) groups is 1. The molecular weight excluding hydrogens is 410 g/mol. The number of benzene rings is 1. The fraction of sp³-hybridized carbons (Fsp3) is 0.526. The van der Waals surface area contributed by atoms with E-state index in [1.165, 1.54) is 16.1 Å². The van der Waals surface area contributed by atoms with E-state index >= 15 is 0 Å². The third-order valence-corrected chi connectivity index (χ3v) is 8.35. The fourth-order valence-corrected chi connectivity index (χ4v) is 5.75. The maximum atomic E-state index is 12.9. The summed E-state index contributed by atoms with van der Waals surface area (Å²) in [6.45, 7) is 5.29. The lowest BCUT2D eigenvalue weighted by molar-refractivity contribution is -0.129. The van der Waals surface area contributed by atoms with E-state index in [4.69, 9.17) is 0 Å². The highest BCUT2D eigenvalue weighted by Gasteiger charge is 2.31. The van der Waals surface area contributed by atoms with Crippen LogP contribution in [0.4, 0.5) is 0 Å². The third kappa shape index (κ3) is 4.34. The number of amides is 1. The lowest BCUT2D eigenvalue weighted by Crippen LogP contribution is -2.51. The van der Waals surface area contributed by atoms with Gasteiger partial charge in [-0.2, -0.15) is 4.31 Å². The number of rotatable bonds is 6. The number of hydrogen-bond acceptors (Lipinski definition) is 6. The van der Waals surface area contributed by atoms with Crippen molar-refractivity contribution in [3.63, 3.8) is 0 Å². The fourth-order valence-electron chi connectivity index (χ4n) is 3.36. The highest BCUT2D eigenvalue weighted by Crippen LogP contribution is 2.37. The van der Waals surface area contributed by atoms with E-state index in [2.05, 4.69) is 10.2 Å². The van der Waals surface area contributed by atoms with Gasteiger partial charge in [0.1, 0.15) is 6.33 Å². The number of aryl methyl sites for hydroxylation is 2. The molecule has 29 heavy (non-hydrogen) atoms. The van der Waals surface area contributed by atoms with E-state index in [0.717, 1.165) is 29.1 Å². The number of aromatic nitrogens is 3. The standard InChI is InChI=1S/C19H25N5O3S2/c1-14-3-6-17(11-15(14)2)29(26,27)23-9-7-22(8-10-23)18(25)12-28-19-21-20-13-24(19)16-4-5-16/h3,6,11,13,16H,4-5,7-10,12H2,1-2H3. The van der Waals surface area contributed by atoms with Gasteiger partial charge in [0, 0.05) is 32.2 Å². The molecule has 2 fully saturated rings. The molecule has 4 rings (SSSR count). The highest BCUT2D eigenvalue weighted by atomic mass is 32.2. The van der Waals surface area contributed by atoms with Crippen molar-refractivity contribution >= 4 is 27.7 Å². The number of hydrogen-bond donors (Lipinski definition) is 0. The quantitative estimate of drug-likeness (QED) is 0.644. The lowest BCUT2D eigenvalue weighted by Gasteiger charge is -2.34. The first kappa shape index (κ1) is 20.4. The molecule has 156 valence electrons. The predicted molar refractivity (Wildman–Crippen MR) is 110 cm³/mol. The Bertz CT molecular complexity index is 1010. The topological polar surface area (TPSA) is 88.4 Å². The summed E-state index contributed by atoms with van der Waals surface area (Å²) >= 11 is 1.40. The van der Waals surface area contributed by atoms with E-state index in [1.54, 1.807) is 23.4 Å². The Hall–Kier alpha value is -1.91. The number of sulfonamides is 1. The van der Waals surface area contributed by atoms with Gasteiger partial charge in [0.2, 0.25) is 15.9 Å². The second-order valence-electron chi connectivity index (χ2n) is 7.57. The van der Waals surface area contributed by atoms with Gasteiger partial charge in [0.05, 0.1) is 10.6 Å². The minimum absolute atomic E-state index is 0.00331. The van der Waals surface area contributed by atoms with Crippen LogP contribution in [0.2, 0.25) is 0 Å². The lowest BCUT2D eigenvalue weighted by atomic mass is 10.1. The zero-order valence-corrected chi connectivity index (χ0v) is 18.2. The zero-order chi connectivity index (χ0) is 20.6.